The molecule has 0 aromatic rings. The molecule has 0 rings (SSSR count). The number of hydrogen-bond donors (Lipinski definition) is 1. The van der Waals surface area contributed by atoms with E-state index in [-0.39, 0.29) is 24.6 Å². The molecule has 1 unspecified atom stereocenters. The Morgan fingerprint density at radius 1 is 1.58 bits per heavy atom. The summed E-state index contributed by atoms with van der Waals surface area (Å²) < 4.78 is 20.5. The van der Waals surface area contributed by atoms with Crippen molar-refractivity contribution in [1.82, 2.24) is 0 Å². The van der Waals surface area contributed by atoms with Gasteiger partial charge in [0.15, 0.2) is 0 Å². The summed E-state index contributed by atoms with van der Waals surface area (Å²) in [7, 11) is 0. The van der Waals surface area contributed by atoms with Crippen LogP contribution in [0.4, 0.5) is 0 Å². The van der Waals surface area contributed by atoms with E-state index in [1.807, 2.05) is 0 Å². The van der Waals surface area contributed by atoms with Gasteiger partial charge < -0.3 is 10.3 Å². The monoisotopic (exact) mass is 214 g/mol. The molecule has 0 saturated carbocycles. The number of primary amides is 1. The fourth-order valence-corrected chi connectivity index (χ4v) is 1.58. The molecule has 0 bridgehead atoms. The van der Waals surface area contributed by atoms with E-state index >= 15 is 0 Å². The quantitative estimate of drug-likeness (QED) is 0.678. The Balaban J connectivity index is 0. The number of rotatable bonds is 4. The van der Waals surface area contributed by atoms with Gasteiger partial charge in [0.25, 0.3) is 0 Å². The van der Waals surface area contributed by atoms with E-state index in [2.05, 4.69) is 0 Å². The summed E-state index contributed by atoms with van der Waals surface area (Å²) in [6, 6.07) is 0. The lowest BCUT2D eigenvalue weighted by molar-refractivity contribution is -0.119. The summed E-state index contributed by atoms with van der Waals surface area (Å²) in [4.78, 5) is 10.4. The van der Waals surface area contributed by atoms with Gasteiger partial charge in [-0.1, -0.05) is 24.9 Å². The second-order valence-electron chi connectivity index (χ2n) is 3.26. The molecule has 6 heteroatoms. The molecular formula is C6H13ClNO3S-. The molecule has 0 saturated heterocycles. The minimum atomic E-state index is -2.11. The van der Waals surface area contributed by atoms with E-state index in [0.717, 1.165) is 0 Å². The molecule has 0 aromatic carbocycles. The van der Waals surface area contributed by atoms with Gasteiger partial charge in [0.2, 0.25) is 5.91 Å². The van der Waals surface area contributed by atoms with E-state index in [0.29, 0.717) is 0 Å². The predicted octanol–water partition coefficient (Wildman–Crippen LogP) is 0.189. The van der Waals surface area contributed by atoms with E-state index in [4.69, 9.17) is 5.73 Å². The van der Waals surface area contributed by atoms with Gasteiger partial charge in [-0.25, -0.2) is 0 Å². The summed E-state index contributed by atoms with van der Waals surface area (Å²) in [5, 5.41) is 0. The summed E-state index contributed by atoms with van der Waals surface area (Å²) in [6.07, 6.45) is 0.0982. The van der Waals surface area contributed by atoms with Crippen LogP contribution in [0.5, 0.6) is 0 Å². The smallest absolute Gasteiger partial charge is 0.217 e. The van der Waals surface area contributed by atoms with Gasteiger partial charge >= 0.3 is 0 Å². The van der Waals surface area contributed by atoms with E-state index in [1.165, 1.54) is 0 Å². The Morgan fingerprint density at radius 3 is 2.25 bits per heavy atom. The minimum absolute atomic E-state index is 0. The maximum atomic E-state index is 10.4. The zero-order valence-corrected chi connectivity index (χ0v) is 8.67. The fourth-order valence-electron chi connectivity index (χ4n) is 0.842. The van der Waals surface area contributed by atoms with Crippen molar-refractivity contribution in [3.8, 4) is 0 Å². The molecule has 2 N–H and O–H groups in total. The SMILES string of the molecule is CC(C)(CC(N)=O)CS(=O)[O-].Cl. The lowest BCUT2D eigenvalue weighted by Gasteiger charge is -2.23. The van der Waals surface area contributed by atoms with Crippen LogP contribution in [0.1, 0.15) is 20.3 Å². The molecule has 0 spiro atoms. The second kappa shape index (κ2) is 5.50. The van der Waals surface area contributed by atoms with Gasteiger partial charge in [-0.3, -0.25) is 9.00 Å². The third-order valence-corrected chi connectivity index (χ3v) is 2.18. The highest BCUT2D eigenvalue weighted by Gasteiger charge is 2.20. The van der Waals surface area contributed by atoms with Gasteiger partial charge in [0.1, 0.15) is 0 Å². The Labute approximate surface area is 80.6 Å². The summed E-state index contributed by atoms with van der Waals surface area (Å²) in [5.74, 6) is -0.504. The minimum Gasteiger partial charge on any atom is -0.772 e. The Morgan fingerprint density at radius 2 is 2.00 bits per heavy atom. The summed E-state index contributed by atoms with van der Waals surface area (Å²) >= 11 is -2.11. The van der Waals surface area contributed by atoms with Gasteiger partial charge in [0.05, 0.1) is 0 Å². The largest absolute Gasteiger partial charge is 0.772 e. The van der Waals surface area contributed by atoms with Crippen LogP contribution in [-0.2, 0) is 15.9 Å². The molecular weight excluding hydrogens is 202 g/mol. The van der Waals surface area contributed by atoms with E-state index in [1.54, 1.807) is 13.8 Å². The average molecular weight is 215 g/mol. The fraction of sp³-hybridized carbons (Fsp3) is 0.833. The normalized spacial score (nSPS) is 13.2. The molecule has 12 heavy (non-hydrogen) atoms. The molecule has 0 aliphatic heterocycles. The van der Waals surface area contributed by atoms with Crippen LogP contribution in [0.25, 0.3) is 0 Å². The zero-order valence-electron chi connectivity index (χ0n) is 7.03. The first-order valence-corrected chi connectivity index (χ1v) is 4.42. The average Bonchev–Trinajstić information content (AvgIpc) is 1.53. The lowest BCUT2D eigenvalue weighted by Crippen LogP contribution is -2.27. The summed E-state index contributed by atoms with van der Waals surface area (Å²) in [6.45, 7) is 3.38. The Bertz CT molecular complexity index is 166. The number of carbonyl (C=O) groups is 1. The van der Waals surface area contributed by atoms with Crippen LogP contribution < -0.4 is 5.73 Å². The first-order chi connectivity index (χ1) is 4.83. The van der Waals surface area contributed by atoms with Crippen molar-refractivity contribution in [2.75, 3.05) is 5.75 Å². The van der Waals surface area contributed by atoms with Crippen LogP contribution in [0.3, 0.4) is 0 Å². The molecule has 0 radical (unpaired) electrons. The van der Waals surface area contributed by atoms with Gasteiger partial charge in [0, 0.05) is 12.2 Å². The van der Waals surface area contributed by atoms with Crippen molar-refractivity contribution in [2.24, 2.45) is 11.1 Å². The van der Waals surface area contributed by atoms with Gasteiger partial charge in [-0.05, 0) is 5.41 Å². The van der Waals surface area contributed by atoms with E-state index < -0.39 is 22.4 Å². The maximum absolute atomic E-state index is 10.4. The second-order valence-corrected chi connectivity index (χ2v) is 4.15. The number of amides is 1. The van der Waals surface area contributed by atoms with Crippen molar-refractivity contribution < 1.29 is 13.6 Å². The van der Waals surface area contributed by atoms with Crippen LogP contribution in [0.15, 0.2) is 0 Å². The maximum Gasteiger partial charge on any atom is 0.217 e. The highest BCUT2D eigenvalue weighted by molar-refractivity contribution is 7.79. The molecule has 0 aliphatic carbocycles. The number of hydrogen-bond acceptors (Lipinski definition) is 3. The standard InChI is InChI=1S/C6H13NO3S.ClH/c1-6(2,3-5(7)8)4-11(9)10;/h3-4H2,1-2H3,(H2,7,8)(H,9,10);1H/p-1. The number of nitrogens with two attached hydrogens (primary N) is 1. The number of halogens is 1. The lowest BCUT2D eigenvalue weighted by atomic mass is 9.92. The number of carbonyl (C=O) groups excluding carboxylic acids is 1. The third kappa shape index (κ3) is 7.97. The van der Waals surface area contributed by atoms with Crippen LogP contribution in [0, 0.1) is 5.41 Å². The molecule has 0 aliphatic rings. The highest BCUT2D eigenvalue weighted by atomic mass is 35.5. The van der Waals surface area contributed by atoms with Crippen molar-refractivity contribution >= 4 is 29.4 Å². The molecule has 0 fully saturated rings. The summed E-state index contributed by atoms with van der Waals surface area (Å²) in [5.41, 5.74) is 4.37. The third-order valence-electron chi connectivity index (χ3n) is 1.16. The van der Waals surface area contributed by atoms with Gasteiger partial charge in [-0.15, -0.1) is 12.4 Å². The van der Waals surface area contributed by atoms with Crippen LogP contribution >= 0.6 is 12.4 Å². The van der Waals surface area contributed by atoms with Crippen molar-refractivity contribution in [3.05, 3.63) is 0 Å². The zero-order chi connectivity index (χ0) is 9.07. The van der Waals surface area contributed by atoms with Crippen LogP contribution in [0.2, 0.25) is 0 Å². The van der Waals surface area contributed by atoms with Crippen molar-refractivity contribution in [1.29, 1.82) is 0 Å². The predicted molar refractivity (Wildman–Crippen MR) is 48.6 cm³/mol. The topological polar surface area (TPSA) is 83.2 Å². The first kappa shape index (κ1) is 14.4. The van der Waals surface area contributed by atoms with Crippen LogP contribution in [-0.4, -0.2) is 20.4 Å². The molecule has 1 atom stereocenters. The molecule has 4 nitrogen and oxygen atoms in total. The molecule has 0 heterocycles. The van der Waals surface area contributed by atoms with E-state index in [9.17, 15) is 13.6 Å². The molecule has 1 amide bonds. The Hall–Kier alpha value is -0.130. The van der Waals surface area contributed by atoms with Crippen molar-refractivity contribution in [3.63, 3.8) is 0 Å². The molecule has 0 aromatic heterocycles. The van der Waals surface area contributed by atoms with Gasteiger partial charge in [-0.2, -0.15) is 0 Å². The molecule has 74 valence electrons. The Kier molecular flexibility index (Phi) is 6.60. The van der Waals surface area contributed by atoms with Crippen molar-refractivity contribution in [2.45, 2.75) is 20.3 Å². The highest BCUT2D eigenvalue weighted by Crippen LogP contribution is 2.20. The first-order valence-electron chi connectivity index (χ1n) is 3.18.